The van der Waals surface area contributed by atoms with Crippen molar-refractivity contribution in [2.24, 2.45) is 5.92 Å². The number of sulfonamides is 1. The molecule has 0 aliphatic heterocycles. The van der Waals surface area contributed by atoms with Gasteiger partial charge >= 0.3 is 0 Å². The molecule has 0 aromatic heterocycles. The molecule has 0 aliphatic rings. The van der Waals surface area contributed by atoms with Gasteiger partial charge in [-0.1, -0.05) is 38.8 Å². The second-order valence-corrected chi connectivity index (χ2v) is 7.72. The average molecular weight is 333 g/mol. The predicted octanol–water partition coefficient (Wildman–Crippen LogP) is 4.34. The second kappa shape index (κ2) is 7.90. The molecule has 120 valence electrons. The zero-order valence-corrected chi connectivity index (χ0v) is 14.7. The highest BCUT2D eigenvalue weighted by molar-refractivity contribution is 7.92. The molecule has 1 rings (SSSR count). The minimum atomic E-state index is -3.31. The van der Waals surface area contributed by atoms with E-state index in [1.165, 1.54) is 0 Å². The number of rotatable bonds is 8. The molecule has 0 amide bonds. The maximum atomic E-state index is 11.2. The van der Waals surface area contributed by atoms with E-state index in [0.717, 1.165) is 31.2 Å². The Balaban J connectivity index is 2.78. The van der Waals surface area contributed by atoms with Gasteiger partial charge in [0.05, 0.1) is 17.0 Å². The van der Waals surface area contributed by atoms with Crippen LogP contribution in [0, 0.1) is 5.92 Å². The quantitative estimate of drug-likeness (QED) is 0.744. The van der Waals surface area contributed by atoms with Crippen LogP contribution in [0.3, 0.4) is 0 Å². The van der Waals surface area contributed by atoms with Crippen LogP contribution in [0.5, 0.6) is 0 Å². The van der Waals surface area contributed by atoms with E-state index >= 15 is 0 Å². The summed E-state index contributed by atoms with van der Waals surface area (Å²) in [5, 5.41) is 3.86. The van der Waals surface area contributed by atoms with E-state index in [0.29, 0.717) is 22.7 Å². The van der Waals surface area contributed by atoms with Crippen molar-refractivity contribution in [1.82, 2.24) is 0 Å². The summed E-state index contributed by atoms with van der Waals surface area (Å²) in [5.74, 6) is 0.670. The van der Waals surface area contributed by atoms with E-state index in [4.69, 9.17) is 11.6 Å². The van der Waals surface area contributed by atoms with Gasteiger partial charge in [0.25, 0.3) is 0 Å². The molecule has 0 heterocycles. The highest BCUT2D eigenvalue weighted by atomic mass is 35.5. The van der Waals surface area contributed by atoms with Gasteiger partial charge in [0.15, 0.2) is 0 Å². The summed E-state index contributed by atoms with van der Waals surface area (Å²) < 4.78 is 24.9. The van der Waals surface area contributed by atoms with Gasteiger partial charge in [0.1, 0.15) is 0 Å². The van der Waals surface area contributed by atoms with E-state index in [1.807, 2.05) is 6.07 Å². The third kappa shape index (κ3) is 6.57. The zero-order chi connectivity index (χ0) is 16.0. The van der Waals surface area contributed by atoms with Crippen molar-refractivity contribution in [2.75, 3.05) is 16.3 Å². The van der Waals surface area contributed by atoms with Crippen LogP contribution in [-0.4, -0.2) is 20.7 Å². The molecule has 0 saturated carbocycles. The molecule has 0 aliphatic carbocycles. The third-order valence-electron chi connectivity index (χ3n) is 3.51. The van der Waals surface area contributed by atoms with Crippen LogP contribution in [0.2, 0.25) is 5.02 Å². The molecule has 1 aromatic carbocycles. The Morgan fingerprint density at radius 2 is 1.90 bits per heavy atom. The van der Waals surface area contributed by atoms with Crippen molar-refractivity contribution in [3.8, 4) is 0 Å². The number of anilines is 2. The first kappa shape index (κ1) is 18.1. The molecular formula is C15H25ClN2O2S. The topological polar surface area (TPSA) is 58.2 Å². The Kier molecular flexibility index (Phi) is 6.81. The summed E-state index contributed by atoms with van der Waals surface area (Å²) in [4.78, 5) is 0. The molecular weight excluding hydrogens is 308 g/mol. The fraction of sp³-hybridized carbons (Fsp3) is 0.600. The molecule has 0 saturated heterocycles. The molecule has 21 heavy (non-hydrogen) atoms. The van der Waals surface area contributed by atoms with Crippen molar-refractivity contribution in [2.45, 2.75) is 46.1 Å². The summed E-state index contributed by atoms with van der Waals surface area (Å²) in [6, 6.07) is 5.68. The maximum absolute atomic E-state index is 11.2. The lowest BCUT2D eigenvalue weighted by atomic mass is 9.97. The number of benzene rings is 1. The van der Waals surface area contributed by atoms with E-state index in [2.05, 4.69) is 30.8 Å². The van der Waals surface area contributed by atoms with Gasteiger partial charge in [0, 0.05) is 11.7 Å². The van der Waals surface area contributed by atoms with Gasteiger partial charge in [-0.15, -0.1) is 0 Å². The Hall–Kier alpha value is -0.940. The molecule has 1 aromatic rings. The lowest BCUT2D eigenvalue weighted by Crippen LogP contribution is -2.21. The predicted molar refractivity (Wildman–Crippen MR) is 91.7 cm³/mol. The summed E-state index contributed by atoms with van der Waals surface area (Å²) in [5.41, 5.74) is 1.31. The Morgan fingerprint density at radius 3 is 2.38 bits per heavy atom. The molecule has 0 radical (unpaired) electrons. The van der Waals surface area contributed by atoms with Gasteiger partial charge < -0.3 is 5.32 Å². The van der Waals surface area contributed by atoms with Crippen molar-refractivity contribution >= 4 is 33.0 Å². The van der Waals surface area contributed by atoms with Gasteiger partial charge in [-0.2, -0.15) is 0 Å². The lowest BCUT2D eigenvalue weighted by Gasteiger charge is -2.22. The van der Waals surface area contributed by atoms with Gasteiger partial charge in [-0.25, -0.2) is 8.42 Å². The molecule has 2 N–H and O–H groups in total. The first-order valence-electron chi connectivity index (χ1n) is 7.29. The summed E-state index contributed by atoms with van der Waals surface area (Å²) in [7, 11) is -3.31. The van der Waals surface area contributed by atoms with Crippen LogP contribution >= 0.6 is 11.6 Å². The van der Waals surface area contributed by atoms with Crippen molar-refractivity contribution < 1.29 is 8.42 Å². The second-order valence-electron chi connectivity index (χ2n) is 5.57. The number of halogens is 1. The SMILES string of the molecule is CCC(C)CC(CC)Nc1ccc(NS(C)(=O)=O)c(Cl)c1. The molecule has 2 atom stereocenters. The lowest BCUT2D eigenvalue weighted by molar-refractivity contribution is 0.462. The zero-order valence-electron chi connectivity index (χ0n) is 13.1. The summed E-state index contributed by atoms with van der Waals surface area (Å²) in [6.07, 6.45) is 4.41. The largest absolute Gasteiger partial charge is 0.382 e. The van der Waals surface area contributed by atoms with Crippen molar-refractivity contribution in [1.29, 1.82) is 0 Å². The van der Waals surface area contributed by atoms with E-state index < -0.39 is 10.0 Å². The third-order valence-corrected chi connectivity index (χ3v) is 4.42. The highest BCUT2D eigenvalue weighted by Gasteiger charge is 2.12. The van der Waals surface area contributed by atoms with Crippen LogP contribution in [-0.2, 0) is 10.0 Å². The minimum Gasteiger partial charge on any atom is -0.382 e. The van der Waals surface area contributed by atoms with E-state index in [9.17, 15) is 8.42 Å². The molecule has 0 bridgehead atoms. The van der Waals surface area contributed by atoms with Gasteiger partial charge in [0.2, 0.25) is 10.0 Å². The van der Waals surface area contributed by atoms with Crippen LogP contribution in [0.1, 0.15) is 40.0 Å². The molecule has 2 unspecified atom stereocenters. The van der Waals surface area contributed by atoms with Gasteiger partial charge in [-0.05, 0) is 37.0 Å². The van der Waals surface area contributed by atoms with E-state index in [-0.39, 0.29) is 0 Å². The van der Waals surface area contributed by atoms with Crippen LogP contribution < -0.4 is 10.0 Å². The van der Waals surface area contributed by atoms with E-state index in [1.54, 1.807) is 12.1 Å². The Labute approximate surface area is 133 Å². The van der Waals surface area contributed by atoms with Crippen molar-refractivity contribution in [3.05, 3.63) is 23.2 Å². The molecule has 0 fully saturated rings. The Morgan fingerprint density at radius 1 is 1.24 bits per heavy atom. The minimum absolute atomic E-state index is 0.392. The average Bonchev–Trinajstić information content (AvgIpc) is 2.39. The standard InChI is InChI=1S/C15H25ClN2O2S/c1-5-11(3)9-12(6-2)17-13-7-8-15(14(16)10-13)18-21(4,19)20/h7-8,10-12,17-18H,5-6,9H2,1-4H3. The fourth-order valence-electron chi connectivity index (χ4n) is 2.10. The summed E-state index contributed by atoms with van der Waals surface area (Å²) >= 11 is 6.13. The monoisotopic (exact) mass is 332 g/mol. The van der Waals surface area contributed by atoms with Gasteiger partial charge in [-0.3, -0.25) is 4.72 Å². The molecule has 0 spiro atoms. The smallest absolute Gasteiger partial charge is 0.229 e. The highest BCUT2D eigenvalue weighted by Crippen LogP contribution is 2.27. The number of hydrogen-bond donors (Lipinski definition) is 2. The normalized spacial score (nSPS) is 14.5. The van der Waals surface area contributed by atoms with Crippen molar-refractivity contribution in [3.63, 3.8) is 0 Å². The first-order chi connectivity index (χ1) is 9.75. The van der Waals surface area contributed by atoms with Crippen LogP contribution in [0.25, 0.3) is 0 Å². The first-order valence-corrected chi connectivity index (χ1v) is 9.56. The van der Waals surface area contributed by atoms with Crippen LogP contribution in [0.15, 0.2) is 18.2 Å². The fourth-order valence-corrected chi connectivity index (χ4v) is 2.96. The van der Waals surface area contributed by atoms with Crippen LogP contribution in [0.4, 0.5) is 11.4 Å². The molecule has 4 nitrogen and oxygen atoms in total. The maximum Gasteiger partial charge on any atom is 0.229 e. The summed E-state index contributed by atoms with van der Waals surface area (Å²) in [6.45, 7) is 6.59. The molecule has 6 heteroatoms. The number of nitrogens with one attached hydrogen (secondary N) is 2. The number of hydrogen-bond acceptors (Lipinski definition) is 3. The Bertz CT molecular complexity index is 561.